The third kappa shape index (κ3) is 4.20. The second-order valence-corrected chi connectivity index (χ2v) is 10.9. The van der Waals surface area contributed by atoms with Crippen molar-refractivity contribution in [2.75, 3.05) is 16.8 Å². The lowest BCUT2D eigenvalue weighted by molar-refractivity contribution is -0.126. The van der Waals surface area contributed by atoms with Gasteiger partial charge in [0.2, 0.25) is 11.8 Å². The van der Waals surface area contributed by atoms with Crippen molar-refractivity contribution in [3.63, 3.8) is 0 Å². The number of allylic oxidation sites excluding steroid dienone is 2. The van der Waals surface area contributed by atoms with Crippen molar-refractivity contribution < 1.29 is 9.59 Å². The van der Waals surface area contributed by atoms with Crippen LogP contribution in [0.2, 0.25) is 0 Å². The summed E-state index contributed by atoms with van der Waals surface area (Å²) in [6.45, 7) is 4.95. The van der Waals surface area contributed by atoms with Gasteiger partial charge in [-0.05, 0) is 43.4 Å². The first-order valence-corrected chi connectivity index (χ1v) is 13.3. The van der Waals surface area contributed by atoms with Gasteiger partial charge in [0.15, 0.2) is 0 Å². The summed E-state index contributed by atoms with van der Waals surface area (Å²) in [4.78, 5) is 36.3. The molecule has 3 aromatic rings. The van der Waals surface area contributed by atoms with Crippen molar-refractivity contribution in [3.05, 3.63) is 96.6 Å². The number of aliphatic imine (C=N–C) groups is 1. The summed E-state index contributed by atoms with van der Waals surface area (Å²) in [6, 6.07) is 22.4. The van der Waals surface area contributed by atoms with Gasteiger partial charge in [0.1, 0.15) is 17.9 Å². The Morgan fingerprint density at radius 3 is 2.50 bits per heavy atom. The maximum absolute atomic E-state index is 14.0. The Labute approximate surface area is 223 Å². The first-order chi connectivity index (χ1) is 18.4. The van der Waals surface area contributed by atoms with E-state index in [4.69, 9.17) is 4.99 Å². The maximum atomic E-state index is 14.0. The Balaban J connectivity index is 1.49. The molecule has 0 radical (unpaired) electrons. The van der Waals surface area contributed by atoms with E-state index in [0.717, 1.165) is 29.4 Å². The summed E-state index contributed by atoms with van der Waals surface area (Å²) >= 11 is 0. The van der Waals surface area contributed by atoms with E-state index >= 15 is 0 Å². The van der Waals surface area contributed by atoms with Crippen LogP contribution < -0.4 is 10.2 Å². The number of amides is 2. The standard InChI is InChI=1S/C32H32N4O2/c1-31(2)22-35(27(34-31)18-15-23-11-5-3-6-12-23)32(19-9-4-10-20-32)36-26-17-16-24-13-7-8-14-25(24)30(26)33-28(37)21-29(36)38/h3-14,16-17,19H,15,18,20-22H2,1-2H3,(H,33,37). The van der Waals surface area contributed by atoms with Crippen LogP contribution in [0, 0.1) is 0 Å². The molecule has 38 heavy (non-hydrogen) atoms. The van der Waals surface area contributed by atoms with Gasteiger partial charge < -0.3 is 10.2 Å². The predicted octanol–water partition coefficient (Wildman–Crippen LogP) is 5.85. The molecule has 6 heteroatoms. The molecule has 3 aromatic carbocycles. The molecular formula is C32H32N4O2. The smallest absolute Gasteiger partial charge is 0.238 e. The average molecular weight is 505 g/mol. The second kappa shape index (κ2) is 9.28. The van der Waals surface area contributed by atoms with Crippen LogP contribution in [0.25, 0.3) is 10.8 Å². The molecule has 1 aliphatic carbocycles. The number of carbonyl (C=O) groups excluding carboxylic acids is 2. The normalized spacial score (nSPS) is 22.3. The molecule has 1 unspecified atom stereocenters. The molecule has 1 N–H and O–H groups in total. The lowest BCUT2D eigenvalue weighted by atomic mass is 9.92. The molecular weight excluding hydrogens is 472 g/mol. The van der Waals surface area contributed by atoms with Gasteiger partial charge in [-0.3, -0.25) is 19.5 Å². The molecule has 2 heterocycles. The number of fused-ring (bicyclic) bond motifs is 3. The van der Waals surface area contributed by atoms with Crippen molar-refractivity contribution in [3.8, 4) is 0 Å². The Hall–Kier alpha value is -4.19. The first-order valence-electron chi connectivity index (χ1n) is 13.3. The topological polar surface area (TPSA) is 65.0 Å². The fourth-order valence-electron chi connectivity index (χ4n) is 6.00. The highest BCUT2D eigenvalue weighted by Crippen LogP contribution is 2.45. The van der Waals surface area contributed by atoms with Crippen molar-refractivity contribution in [2.24, 2.45) is 4.99 Å². The van der Waals surface area contributed by atoms with E-state index in [-0.39, 0.29) is 23.8 Å². The molecule has 0 fully saturated rings. The Kier molecular flexibility index (Phi) is 5.90. The fraction of sp³-hybridized carbons (Fsp3) is 0.281. The quantitative estimate of drug-likeness (QED) is 0.443. The molecule has 0 spiro atoms. The van der Waals surface area contributed by atoms with Crippen molar-refractivity contribution >= 4 is 39.8 Å². The van der Waals surface area contributed by atoms with Crippen LogP contribution in [0.1, 0.15) is 38.7 Å². The van der Waals surface area contributed by atoms with E-state index < -0.39 is 5.66 Å². The number of anilines is 2. The summed E-state index contributed by atoms with van der Waals surface area (Å²) in [5.74, 6) is 0.473. The van der Waals surface area contributed by atoms with Crippen LogP contribution in [-0.2, 0) is 16.0 Å². The summed E-state index contributed by atoms with van der Waals surface area (Å²) in [5, 5.41) is 4.99. The number of nitrogens with one attached hydrogen (secondary N) is 1. The Morgan fingerprint density at radius 1 is 0.921 bits per heavy atom. The second-order valence-electron chi connectivity index (χ2n) is 10.9. The zero-order valence-electron chi connectivity index (χ0n) is 21.9. The SMILES string of the molecule is CC1(C)CN(C2(N3C(=O)CC(=O)Nc4c3ccc3ccccc43)C=CC=CC2)C(CCc2ccccc2)=N1. The molecule has 2 aliphatic heterocycles. The molecule has 0 bridgehead atoms. The summed E-state index contributed by atoms with van der Waals surface area (Å²) < 4.78 is 0. The fourth-order valence-corrected chi connectivity index (χ4v) is 6.00. The molecule has 6 rings (SSSR count). The number of aryl methyl sites for hydroxylation is 1. The van der Waals surface area contributed by atoms with Crippen molar-refractivity contribution in [1.82, 2.24) is 4.90 Å². The van der Waals surface area contributed by atoms with Crippen LogP contribution in [-0.4, -0.2) is 40.3 Å². The minimum Gasteiger partial charge on any atom is -0.331 e. The number of benzene rings is 3. The lowest BCUT2D eigenvalue weighted by Crippen LogP contribution is -2.63. The largest absolute Gasteiger partial charge is 0.331 e. The summed E-state index contributed by atoms with van der Waals surface area (Å²) in [7, 11) is 0. The maximum Gasteiger partial charge on any atom is 0.238 e. The molecule has 192 valence electrons. The Bertz CT molecular complexity index is 1500. The van der Waals surface area contributed by atoms with E-state index in [1.54, 1.807) is 0 Å². The van der Waals surface area contributed by atoms with Gasteiger partial charge in [0.25, 0.3) is 0 Å². The van der Waals surface area contributed by atoms with Gasteiger partial charge in [-0.25, -0.2) is 0 Å². The zero-order chi connectivity index (χ0) is 26.3. The predicted molar refractivity (Wildman–Crippen MR) is 153 cm³/mol. The molecule has 1 atom stereocenters. The highest BCUT2D eigenvalue weighted by molar-refractivity contribution is 6.19. The number of hydrogen-bond donors (Lipinski definition) is 1. The van der Waals surface area contributed by atoms with Gasteiger partial charge in [-0.15, -0.1) is 0 Å². The van der Waals surface area contributed by atoms with E-state index in [9.17, 15) is 9.59 Å². The van der Waals surface area contributed by atoms with Crippen LogP contribution >= 0.6 is 0 Å². The third-order valence-electron chi connectivity index (χ3n) is 7.63. The van der Waals surface area contributed by atoms with Crippen LogP contribution in [0.3, 0.4) is 0 Å². The van der Waals surface area contributed by atoms with Crippen LogP contribution in [0.15, 0.2) is 96.0 Å². The minimum absolute atomic E-state index is 0.212. The van der Waals surface area contributed by atoms with Gasteiger partial charge in [0, 0.05) is 24.8 Å². The number of amidine groups is 1. The zero-order valence-corrected chi connectivity index (χ0v) is 21.9. The van der Waals surface area contributed by atoms with Gasteiger partial charge in [0.05, 0.1) is 16.9 Å². The van der Waals surface area contributed by atoms with Crippen LogP contribution in [0.5, 0.6) is 0 Å². The molecule has 6 nitrogen and oxygen atoms in total. The molecule has 0 aromatic heterocycles. The number of rotatable bonds is 5. The first kappa shape index (κ1) is 24.2. The van der Waals surface area contributed by atoms with E-state index in [1.165, 1.54) is 5.56 Å². The number of hydrogen-bond acceptors (Lipinski definition) is 4. The van der Waals surface area contributed by atoms with E-state index in [1.807, 2.05) is 59.5 Å². The molecule has 0 saturated heterocycles. The third-order valence-corrected chi connectivity index (χ3v) is 7.63. The van der Waals surface area contributed by atoms with Crippen molar-refractivity contribution in [1.29, 1.82) is 0 Å². The molecule has 3 aliphatic rings. The van der Waals surface area contributed by atoms with E-state index in [0.29, 0.717) is 24.3 Å². The van der Waals surface area contributed by atoms with Crippen molar-refractivity contribution in [2.45, 2.75) is 50.7 Å². The highest BCUT2D eigenvalue weighted by atomic mass is 16.2. The molecule has 0 saturated carbocycles. The van der Waals surface area contributed by atoms with E-state index in [2.05, 4.69) is 60.5 Å². The molecule has 2 amide bonds. The summed E-state index contributed by atoms with van der Waals surface area (Å²) in [5.41, 5.74) is 1.53. The number of nitrogens with zero attached hydrogens (tertiary/aromatic N) is 3. The van der Waals surface area contributed by atoms with Crippen LogP contribution in [0.4, 0.5) is 11.4 Å². The van der Waals surface area contributed by atoms with Gasteiger partial charge in [-0.2, -0.15) is 0 Å². The van der Waals surface area contributed by atoms with Gasteiger partial charge >= 0.3 is 0 Å². The summed E-state index contributed by atoms with van der Waals surface area (Å²) in [6.07, 6.45) is 10.2. The Morgan fingerprint density at radius 2 is 1.71 bits per heavy atom. The average Bonchev–Trinajstić information content (AvgIpc) is 3.17. The highest BCUT2D eigenvalue weighted by Gasteiger charge is 2.50. The monoisotopic (exact) mass is 504 g/mol. The minimum atomic E-state index is -0.821. The van der Waals surface area contributed by atoms with Gasteiger partial charge in [-0.1, -0.05) is 78.9 Å². The lowest BCUT2D eigenvalue weighted by Gasteiger charge is -2.50. The number of carbonyl (C=O) groups is 2.